The normalized spacial score (nSPS) is 14.8. The monoisotopic (exact) mass is 383 g/mol. The van der Waals surface area contributed by atoms with E-state index in [2.05, 4.69) is 15.6 Å². The van der Waals surface area contributed by atoms with Crippen LogP contribution in [0.1, 0.15) is 25.3 Å². The molecule has 0 saturated carbocycles. The quantitative estimate of drug-likeness (QED) is 0.760. The van der Waals surface area contributed by atoms with E-state index in [1.807, 2.05) is 30.0 Å². The Bertz CT molecular complexity index is 895. The Morgan fingerprint density at radius 1 is 1.29 bits per heavy atom. The Morgan fingerprint density at radius 2 is 2.14 bits per heavy atom. The van der Waals surface area contributed by atoms with Crippen molar-refractivity contribution in [2.45, 2.75) is 26.3 Å². The predicted molar refractivity (Wildman–Crippen MR) is 106 cm³/mol. The second kappa shape index (κ2) is 9.16. The van der Waals surface area contributed by atoms with Crippen molar-refractivity contribution in [3.8, 4) is 0 Å². The summed E-state index contributed by atoms with van der Waals surface area (Å²) in [7, 11) is 0. The minimum absolute atomic E-state index is 0.177. The van der Waals surface area contributed by atoms with E-state index in [0.29, 0.717) is 31.7 Å². The fraction of sp³-hybridized carbons (Fsp3) is 0.400. The number of nitrogens with zero attached hydrogens (tertiary/aromatic N) is 3. The molecular formula is C20H25N5O3. The van der Waals surface area contributed by atoms with Crippen LogP contribution in [0.3, 0.4) is 0 Å². The predicted octanol–water partition coefficient (Wildman–Crippen LogP) is 1.67. The van der Waals surface area contributed by atoms with Crippen LogP contribution in [0.5, 0.6) is 0 Å². The van der Waals surface area contributed by atoms with Gasteiger partial charge in [-0.15, -0.1) is 0 Å². The number of benzene rings is 1. The van der Waals surface area contributed by atoms with Crippen LogP contribution in [0, 0.1) is 5.92 Å². The fourth-order valence-corrected chi connectivity index (χ4v) is 3.23. The summed E-state index contributed by atoms with van der Waals surface area (Å²) in [5, 5.41) is 5.65. The molecule has 1 unspecified atom stereocenters. The van der Waals surface area contributed by atoms with Gasteiger partial charge < -0.3 is 15.5 Å². The standard InChI is InChI=1S/C20H25N5O3/c1-15(13-24-9-3-7-18(24)26)12-22-19(27)23-17-6-2-5-16(11-17)14-25-10-4-8-21-20(25)28/h2,4-6,8,10-11,15H,3,7,9,12-14H2,1H3,(H2,22,23,27). The molecule has 1 aliphatic heterocycles. The molecule has 1 aliphatic rings. The molecule has 1 aromatic heterocycles. The number of amides is 3. The first-order valence-electron chi connectivity index (χ1n) is 9.44. The van der Waals surface area contributed by atoms with E-state index < -0.39 is 0 Å². The largest absolute Gasteiger partial charge is 0.347 e. The average molecular weight is 383 g/mol. The lowest BCUT2D eigenvalue weighted by Gasteiger charge is -2.21. The van der Waals surface area contributed by atoms with Crippen LogP contribution in [0.4, 0.5) is 10.5 Å². The van der Waals surface area contributed by atoms with E-state index >= 15 is 0 Å². The maximum Gasteiger partial charge on any atom is 0.347 e. The van der Waals surface area contributed by atoms with Crippen molar-refractivity contribution in [2.75, 3.05) is 25.0 Å². The molecule has 0 spiro atoms. The maximum absolute atomic E-state index is 12.2. The molecule has 2 heterocycles. The van der Waals surface area contributed by atoms with Crippen molar-refractivity contribution in [2.24, 2.45) is 5.92 Å². The van der Waals surface area contributed by atoms with E-state index in [1.54, 1.807) is 18.3 Å². The SMILES string of the molecule is CC(CNC(=O)Nc1cccc(Cn2cccnc2=O)c1)CN1CCCC1=O. The number of carbonyl (C=O) groups excluding carboxylic acids is 2. The van der Waals surface area contributed by atoms with Crippen LogP contribution in [0.15, 0.2) is 47.5 Å². The Balaban J connectivity index is 1.49. The van der Waals surface area contributed by atoms with Crippen LogP contribution >= 0.6 is 0 Å². The Kier molecular flexibility index (Phi) is 6.41. The molecule has 2 aromatic rings. The van der Waals surface area contributed by atoms with Crippen molar-refractivity contribution in [3.05, 3.63) is 58.8 Å². The molecule has 148 valence electrons. The number of anilines is 1. The summed E-state index contributed by atoms with van der Waals surface area (Å²) in [5.41, 5.74) is 1.22. The molecule has 0 aliphatic carbocycles. The van der Waals surface area contributed by atoms with Crippen LogP contribution in [0.25, 0.3) is 0 Å². The third-order valence-corrected chi connectivity index (χ3v) is 4.64. The number of carbonyl (C=O) groups is 2. The molecule has 28 heavy (non-hydrogen) atoms. The second-order valence-electron chi connectivity index (χ2n) is 7.11. The third-order valence-electron chi connectivity index (χ3n) is 4.64. The van der Waals surface area contributed by atoms with Crippen LogP contribution in [0.2, 0.25) is 0 Å². The molecule has 1 aromatic carbocycles. The minimum atomic E-state index is -0.316. The molecule has 0 radical (unpaired) electrons. The summed E-state index contributed by atoms with van der Waals surface area (Å²) in [6.07, 6.45) is 4.68. The van der Waals surface area contributed by atoms with Gasteiger partial charge in [0.25, 0.3) is 0 Å². The molecule has 1 saturated heterocycles. The maximum atomic E-state index is 12.2. The zero-order chi connectivity index (χ0) is 19.9. The van der Waals surface area contributed by atoms with Crippen LogP contribution in [-0.4, -0.2) is 46.0 Å². The number of hydrogen-bond acceptors (Lipinski definition) is 4. The lowest BCUT2D eigenvalue weighted by Crippen LogP contribution is -2.37. The molecular weight excluding hydrogens is 358 g/mol. The smallest absolute Gasteiger partial charge is 0.342 e. The van der Waals surface area contributed by atoms with Gasteiger partial charge in [0.15, 0.2) is 0 Å². The second-order valence-corrected chi connectivity index (χ2v) is 7.11. The summed E-state index contributed by atoms with van der Waals surface area (Å²) in [5.74, 6) is 0.373. The molecule has 3 amide bonds. The summed E-state index contributed by atoms with van der Waals surface area (Å²) >= 11 is 0. The van der Waals surface area contributed by atoms with Gasteiger partial charge in [-0.3, -0.25) is 9.36 Å². The highest BCUT2D eigenvalue weighted by Gasteiger charge is 2.21. The molecule has 1 atom stereocenters. The van der Waals surface area contributed by atoms with Gasteiger partial charge in [0.2, 0.25) is 5.91 Å². The lowest BCUT2D eigenvalue weighted by atomic mass is 10.1. The van der Waals surface area contributed by atoms with Gasteiger partial charge in [-0.1, -0.05) is 19.1 Å². The van der Waals surface area contributed by atoms with E-state index in [1.165, 1.54) is 10.8 Å². The summed E-state index contributed by atoms with van der Waals surface area (Å²) in [6, 6.07) is 8.74. The first-order valence-corrected chi connectivity index (χ1v) is 9.44. The molecule has 2 N–H and O–H groups in total. The van der Waals surface area contributed by atoms with E-state index in [9.17, 15) is 14.4 Å². The molecule has 3 rings (SSSR count). The van der Waals surface area contributed by atoms with Crippen molar-refractivity contribution in [3.63, 3.8) is 0 Å². The summed E-state index contributed by atoms with van der Waals surface area (Å²) in [6.45, 7) is 4.35. The summed E-state index contributed by atoms with van der Waals surface area (Å²) < 4.78 is 1.50. The number of urea groups is 1. The fourth-order valence-electron chi connectivity index (χ4n) is 3.23. The van der Waals surface area contributed by atoms with Gasteiger partial charge >= 0.3 is 11.7 Å². The van der Waals surface area contributed by atoms with Gasteiger partial charge in [0, 0.05) is 44.1 Å². The first kappa shape index (κ1) is 19.6. The van der Waals surface area contributed by atoms with Gasteiger partial charge in [0.1, 0.15) is 0 Å². The Morgan fingerprint density at radius 3 is 2.89 bits per heavy atom. The van der Waals surface area contributed by atoms with Gasteiger partial charge in [0.05, 0.1) is 6.54 Å². The Labute approximate surface area is 163 Å². The van der Waals surface area contributed by atoms with Crippen molar-refractivity contribution < 1.29 is 9.59 Å². The highest BCUT2D eigenvalue weighted by Crippen LogP contribution is 2.13. The number of rotatable bonds is 7. The average Bonchev–Trinajstić information content (AvgIpc) is 3.07. The lowest BCUT2D eigenvalue weighted by molar-refractivity contribution is -0.128. The van der Waals surface area contributed by atoms with E-state index in [0.717, 1.165) is 18.5 Å². The molecule has 8 nitrogen and oxygen atoms in total. The van der Waals surface area contributed by atoms with Crippen LogP contribution in [-0.2, 0) is 11.3 Å². The van der Waals surface area contributed by atoms with Crippen molar-refractivity contribution in [1.82, 2.24) is 19.8 Å². The third kappa shape index (κ3) is 5.42. The molecule has 8 heteroatoms. The number of hydrogen-bond donors (Lipinski definition) is 2. The highest BCUT2D eigenvalue weighted by atomic mass is 16.2. The Hall–Kier alpha value is -3.16. The van der Waals surface area contributed by atoms with Crippen LogP contribution < -0.4 is 16.3 Å². The number of nitrogens with one attached hydrogen (secondary N) is 2. The minimum Gasteiger partial charge on any atom is -0.342 e. The zero-order valence-electron chi connectivity index (χ0n) is 15.9. The zero-order valence-corrected chi connectivity index (χ0v) is 15.9. The van der Waals surface area contributed by atoms with E-state index in [4.69, 9.17) is 0 Å². The highest BCUT2D eigenvalue weighted by molar-refractivity contribution is 5.89. The van der Waals surface area contributed by atoms with Crippen molar-refractivity contribution >= 4 is 17.6 Å². The number of aromatic nitrogens is 2. The summed E-state index contributed by atoms with van der Waals surface area (Å²) in [4.78, 5) is 41.2. The van der Waals surface area contributed by atoms with Gasteiger partial charge in [-0.2, -0.15) is 0 Å². The van der Waals surface area contributed by atoms with Gasteiger partial charge in [-0.25, -0.2) is 14.6 Å². The van der Waals surface area contributed by atoms with E-state index in [-0.39, 0.29) is 23.5 Å². The van der Waals surface area contributed by atoms with Gasteiger partial charge in [-0.05, 0) is 36.1 Å². The molecule has 0 bridgehead atoms. The van der Waals surface area contributed by atoms with Crippen molar-refractivity contribution in [1.29, 1.82) is 0 Å². The topological polar surface area (TPSA) is 96.3 Å². The molecule has 1 fully saturated rings. The first-order chi connectivity index (χ1) is 13.5. The number of likely N-dealkylation sites (tertiary alicyclic amines) is 1.